The molecule has 1 amide bonds. The van der Waals surface area contributed by atoms with Gasteiger partial charge in [-0.3, -0.25) is 4.79 Å². The van der Waals surface area contributed by atoms with Crippen LogP contribution in [0.4, 0.5) is 14.5 Å². The highest BCUT2D eigenvalue weighted by atomic mass is 32.2. The second kappa shape index (κ2) is 8.05. The van der Waals surface area contributed by atoms with Crippen LogP contribution >= 0.6 is 11.3 Å². The summed E-state index contributed by atoms with van der Waals surface area (Å²) in [4.78, 5) is 12.4. The van der Waals surface area contributed by atoms with E-state index in [0.717, 1.165) is 23.5 Å². The number of benzene rings is 1. The number of aryl methyl sites for hydroxylation is 2. The SMILES string of the molecule is Cc1noc(C)c1S(=O)(=O)N1CCC[C@H]1c1nnc(C(=O)Nc2ccc(F)c(F)c2)s1. The molecular formula is C18H17F2N5O4S2. The molecule has 2 aromatic heterocycles. The van der Waals surface area contributed by atoms with Crippen LogP contribution in [0.25, 0.3) is 0 Å². The summed E-state index contributed by atoms with van der Waals surface area (Å²) >= 11 is 0.943. The molecule has 9 nitrogen and oxygen atoms in total. The maximum Gasteiger partial charge on any atom is 0.286 e. The smallest absolute Gasteiger partial charge is 0.286 e. The van der Waals surface area contributed by atoms with E-state index in [2.05, 4.69) is 20.7 Å². The van der Waals surface area contributed by atoms with Crippen molar-refractivity contribution in [3.8, 4) is 0 Å². The highest BCUT2D eigenvalue weighted by molar-refractivity contribution is 7.89. The third-order valence-corrected chi connectivity index (χ3v) is 8.01. The molecule has 1 saturated heterocycles. The molecule has 1 aliphatic rings. The third kappa shape index (κ3) is 3.95. The quantitative estimate of drug-likeness (QED) is 0.610. The number of nitrogens with one attached hydrogen (secondary N) is 1. The van der Waals surface area contributed by atoms with Gasteiger partial charge < -0.3 is 9.84 Å². The van der Waals surface area contributed by atoms with Crippen LogP contribution in [0, 0.1) is 25.5 Å². The molecule has 4 rings (SSSR count). The van der Waals surface area contributed by atoms with Crippen LogP contribution in [-0.4, -0.2) is 40.5 Å². The van der Waals surface area contributed by atoms with Crippen molar-refractivity contribution in [2.45, 2.75) is 37.6 Å². The normalized spacial score (nSPS) is 17.2. The molecule has 13 heteroatoms. The lowest BCUT2D eigenvalue weighted by molar-refractivity contribution is 0.102. The maximum atomic E-state index is 13.3. The zero-order valence-corrected chi connectivity index (χ0v) is 18.1. The van der Waals surface area contributed by atoms with E-state index >= 15 is 0 Å². The first-order valence-electron chi connectivity index (χ1n) is 9.23. The summed E-state index contributed by atoms with van der Waals surface area (Å²) in [6.07, 6.45) is 1.13. The Morgan fingerprint density at radius 3 is 2.71 bits per heavy atom. The number of amides is 1. The Kier molecular flexibility index (Phi) is 5.58. The molecule has 1 N–H and O–H groups in total. The number of nitrogens with zero attached hydrogens (tertiary/aromatic N) is 4. The summed E-state index contributed by atoms with van der Waals surface area (Å²) in [6, 6.07) is 2.38. The first-order chi connectivity index (χ1) is 14.7. The molecule has 164 valence electrons. The Labute approximate surface area is 180 Å². The third-order valence-electron chi connectivity index (χ3n) is 4.84. The number of hydrogen-bond acceptors (Lipinski definition) is 8. The fraction of sp³-hybridized carbons (Fsp3) is 0.333. The molecule has 0 aliphatic carbocycles. The molecule has 1 aromatic carbocycles. The summed E-state index contributed by atoms with van der Waals surface area (Å²) < 4.78 is 59.1. The molecule has 0 bridgehead atoms. The fourth-order valence-electron chi connectivity index (χ4n) is 3.45. The Bertz CT molecular complexity index is 1240. The summed E-state index contributed by atoms with van der Waals surface area (Å²) in [5.74, 6) is -2.58. The van der Waals surface area contributed by atoms with Gasteiger partial charge in [-0.05, 0) is 38.8 Å². The first-order valence-corrected chi connectivity index (χ1v) is 11.5. The molecule has 1 fully saturated rings. The minimum atomic E-state index is -3.88. The number of carbonyl (C=O) groups excluding carboxylic acids is 1. The predicted octanol–water partition coefficient (Wildman–Crippen LogP) is 3.20. The van der Waals surface area contributed by atoms with Crippen LogP contribution in [0.15, 0.2) is 27.6 Å². The number of aromatic nitrogens is 3. The van der Waals surface area contributed by atoms with Crippen molar-refractivity contribution in [1.29, 1.82) is 0 Å². The maximum absolute atomic E-state index is 13.3. The highest BCUT2D eigenvalue weighted by Crippen LogP contribution is 2.39. The Hall–Kier alpha value is -2.77. The zero-order valence-electron chi connectivity index (χ0n) is 16.4. The lowest BCUT2D eigenvalue weighted by Crippen LogP contribution is -2.31. The van der Waals surface area contributed by atoms with Crippen LogP contribution in [0.2, 0.25) is 0 Å². The second-order valence-corrected chi connectivity index (χ2v) is 9.79. The van der Waals surface area contributed by atoms with Gasteiger partial charge in [-0.1, -0.05) is 16.5 Å². The van der Waals surface area contributed by atoms with Gasteiger partial charge in [0, 0.05) is 18.3 Å². The van der Waals surface area contributed by atoms with Gasteiger partial charge >= 0.3 is 0 Å². The predicted molar refractivity (Wildman–Crippen MR) is 106 cm³/mol. The van der Waals surface area contributed by atoms with Crippen LogP contribution in [-0.2, 0) is 10.0 Å². The average molecular weight is 469 g/mol. The van der Waals surface area contributed by atoms with E-state index in [0.29, 0.717) is 17.8 Å². The highest BCUT2D eigenvalue weighted by Gasteiger charge is 2.41. The van der Waals surface area contributed by atoms with Crippen LogP contribution in [0.5, 0.6) is 0 Å². The van der Waals surface area contributed by atoms with E-state index in [-0.39, 0.29) is 33.6 Å². The van der Waals surface area contributed by atoms with E-state index in [1.165, 1.54) is 17.3 Å². The number of rotatable bonds is 5. The van der Waals surface area contributed by atoms with Gasteiger partial charge in [0.2, 0.25) is 15.0 Å². The monoisotopic (exact) mass is 469 g/mol. The zero-order chi connectivity index (χ0) is 22.3. The van der Waals surface area contributed by atoms with Crippen LogP contribution in [0.3, 0.4) is 0 Å². The Balaban J connectivity index is 1.56. The lowest BCUT2D eigenvalue weighted by Gasteiger charge is -2.21. The number of anilines is 1. The number of sulfonamides is 1. The molecule has 1 atom stereocenters. The fourth-order valence-corrected chi connectivity index (χ4v) is 6.36. The Morgan fingerprint density at radius 1 is 1.26 bits per heavy atom. The van der Waals surface area contributed by atoms with Gasteiger partial charge in [0.1, 0.15) is 15.6 Å². The van der Waals surface area contributed by atoms with Crippen molar-refractivity contribution in [2.24, 2.45) is 0 Å². The Morgan fingerprint density at radius 2 is 2.03 bits per heavy atom. The van der Waals surface area contributed by atoms with Gasteiger partial charge in [-0.15, -0.1) is 10.2 Å². The molecule has 3 heterocycles. The molecule has 31 heavy (non-hydrogen) atoms. The van der Waals surface area contributed by atoms with Crippen LogP contribution < -0.4 is 5.32 Å². The van der Waals surface area contributed by atoms with Gasteiger partial charge in [-0.2, -0.15) is 4.31 Å². The van der Waals surface area contributed by atoms with E-state index in [1.54, 1.807) is 6.92 Å². The van der Waals surface area contributed by atoms with Crippen molar-refractivity contribution in [2.75, 3.05) is 11.9 Å². The summed E-state index contributed by atoms with van der Waals surface area (Å²) in [7, 11) is -3.88. The van der Waals surface area contributed by atoms with Crippen molar-refractivity contribution in [3.05, 3.63) is 51.3 Å². The van der Waals surface area contributed by atoms with Crippen molar-refractivity contribution >= 4 is 33.0 Å². The van der Waals surface area contributed by atoms with Crippen molar-refractivity contribution < 1.29 is 26.5 Å². The summed E-state index contributed by atoms with van der Waals surface area (Å²) in [5.41, 5.74) is 0.330. The second-order valence-electron chi connectivity index (χ2n) is 6.96. The summed E-state index contributed by atoms with van der Waals surface area (Å²) in [6.45, 7) is 3.37. The van der Waals surface area contributed by atoms with Gasteiger partial charge in [0.25, 0.3) is 5.91 Å². The molecule has 0 unspecified atom stereocenters. The number of halogens is 2. The van der Waals surface area contributed by atoms with Gasteiger partial charge in [0.15, 0.2) is 17.4 Å². The first kappa shape index (κ1) is 21.5. The minimum absolute atomic E-state index is 0.0266. The van der Waals surface area contributed by atoms with Crippen molar-refractivity contribution in [1.82, 2.24) is 19.7 Å². The van der Waals surface area contributed by atoms with E-state index in [1.807, 2.05) is 0 Å². The lowest BCUT2D eigenvalue weighted by atomic mass is 10.2. The van der Waals surface area contributed by atoms with E-state index in [9.17, 15) is 22.0 Å². The van der Waals surface area contributed by atoms with Crippen molar-refractivity contribution in [3.63, 3.8) is 0 Å². The van der Waals surface area contributed by atoms with Crippen LogP contribution in [0.1, 0.15) is 45.1 Å². The molecule has 0 radical (unpaired) electrons. The van der Waals surface area contributed by atoms with E-state index in [4.69, 9.17) is 4.52 Å². The summed E-state index contributed by atoms with van der Waals surface area (Å²) in [5, 5.41) is 14.3. The van der Waals surface area contributed by atoms with E-state index < -0.39 is 33.6 Å². The topological polar surface area (TPSA) is 118 Å². The molecule has 1 aliphatic heterocycles. The molecule has 3 aromatic rings. The standard InChI is InChI=1S/C18H17F2N5O4S2/c1-9-15(10(2)29-24-9)31(27,28)25-7-3-4-14(25)17-22-23-18(30-17)16(26)21-11-5-6-12(19)13(20)8-11/h5-6,8,14H,3-4,7H2,1-2H3,(H,21,26)/t14-/m0/s1. The molecule has 0 spiro atoms. The largest absolute Gasteiger partial charge is 0.360 e. The number of hydrogen-bond donors (Lipinski definition) is 1. The van der Waals surface area contributed by atoms with Gasteiger partial charge in [-0.25, -0.2) is 17.2 Å². The molecule has 0 saturated carbocycles. The minimum Gasteiger partial charge on any atom is -0.360 e. The van der Waals surface area contributed by atoms with Gasteiger partial charge in [0.05, 0.1) is 6.04 Å². The molecular weight excluding hydrogens is 452 g/mol. The number of carbonyl (C=O) groups is 1. The average Bonchev–Trinajstić information content (AvgIpc) is 3.44.